The molecule has 0 heterocycles. The summed E-state index contributed by atoms with van der Waals surface area (Å²) in [6.45, 7) is 3.56. The minimum absolute atomic E-state index is 0.0859. The first-order chi connectivity index (χ1) is 8.03. The van der Waals surface area contributed by atoms with Gasteiger partial charge in [0.25, 0.3) is 0 Å². The number of hydrogen-bond donors (Lipinski definition) is 1. The maximum Gasteiger partial charge on any atom is 0.573 e. The Morgan fingerprint density at radius 2 is 1.82 bits per heavy atom. The summed E-state index contributed by atoms with van der Waals surface area (Å²) in [5.41, 5.74) is 0. The van der Waals surface area contributed by atoms with Gasteiger partial charge in [-0.2, -0.15) is 0 Å². The second-order valence-electron chi connectivity index (χ2n) is 3.20. The number of nitrogens with one attached hydrogen (secondary N) is 1. The van der Waals surface area contributed by atoms with Crippen molar-refractivity contribution < 1.29 is 22.6 Å². The van der Waals surface area contributed by atoms with Crippen LogP contribution in [0.2, 0.25) is 0 Å². The summed E-state index contributed by atoms with van der Waals surface area (Å²) in [4.78, 5) is 0. The molecule has 3 nitrogen and oxygen atoms in total. The van der Waals surface area contributed by atoms with E-state index in [9.17, 15) is 13.2 Å². The van der Waals surface area contributed by atoms with Crippen molar-refractivity contribution in [3.63, 3.8) is 0 Å². The smallest absolute Gasteiger partial charge is 0.488 e. The van der Waals surface area contributed by atoms with E-state index in [0.717, 1.165) is 6.54 Å². The first-order valence-corrected chi connectivity index (χ1v) is 5.21. The van der Waals surface area contributed by atoms with Crippen LogP contribution in [0, 0.1) is 0 Å². The van der Waals surface area contributed by atoms with Gasteiger partial charge in [-0.25, -0.2) is 0 Å². The molecule has 1 N–H and O–H groups in total. The molecule has 0 saturated heterocycles. The highest BCUT2D eigenvalue weighted by Gasteiger charge is 2.32. The summed E-state index contributed by atoms with van der Waals surface area (Å²) in [6.07, 6.45) is -4.71. The largest absolute Gasteiger partial charge is 0.573 e. The monoisotopic (exact) mass is 249 g/mol. The highest BCUT2D eigenvalue weighted by atomic mass is 19.4. The predicted octanol–water partition coefficient (Wildman–Crippen LogP) is 2.57. The molecule has 96 valence electrons. The van der Waals surface area contributed by atoms with Gasteiger partial charge in [-0.1, -0.05) is 19.1 Å². The fourth-order valence-electron chi connectivity index (χ4n) is 1.19. The van der Waals surface area contributed by atoms with Crippen LogP contribution in [0.4, 0.5) is 13.2 Å². The van der Waals surface area contributed by atoms with Crippen LogP contribution in [0.1, 0.15) is 6.92 Å². The van der Waals surface area contributed by atoms with Crippen molar-refractivity contribution in [1.82, 2.24) is 5.32 Å². The van der Waals surface area contributed by atoms with Gasteiger partial charge in [-0.15, -0.1) is 13.2 Å². The van der Waals surface area contributed by atoms with Gasteiger partial charge in [0.05, 0.1) is 0 Å². The average molecular weight is 249 g/mol. The first-order valence-electron chi connectivity index (χ1n) is 5.21. The highest BCUT2D eigenvalue weighted by molar-refractivity contribution is 5.39. The van der Waals surface area contributed by atoms with E-state index in [0.29, 0.717) is 6.54 Å². The van der Waals surface area contributed by atoms with E-state index < -0.39 is 6.36 Å². The average Bonchev–Trinajstić information content (AvgIpc) is 2.24. The number of ether oxygens (including phenoxy) is 2. The lowest BCUT2D eigenvalue weighted by molar-refractivity contribution is -0.275. The second-order valence-corrected chi connectivity index (χ2v) is 3.20. The molecule has 6 heteroatoms. The van der Waals surface area contributed by atoms with E-state index in [2.05, 4.69) is 10.1 Å². The molecule has 0 aliphatic heterocycles. The van der Waals surface area contributed by atoms with Gasteiger partial charge in [0.2, 0.25) is 0 Å². The van der Waals surface area contributed by atoms with Gasteiger partial charge < -0.3 is 14.8 Å². The maximum atomic E-state index is 12.1. The van der Waals surface area contributed by atoms with Crippen molar-refractivity contribution in [2.24, 2.45) is 0 Å². The first kappa shape index (κ1) is 13.6. The van der Waals surface area contributed by atoms with E-state index in [-0.39, 0.29) is 18.1 Å². The second kappa shape index (κ2) is 6.34. The molecular weight excluding hydrogens is 235 g/mol. The van der Waals surface area contributed by atoms with E-state index in [1.165, 1.54) is 18.2 Å². The fraction of sp³-hybridized carbons (Fsp3) is 0.455. The van der Waals surface area contributed by atoms with Crippen LogP contribution in [0.3, 0.4) is 0 Å². The molecule has 17 heavy (non-hydrogen) atoms. The number of benzene rings is 1. The third kappa shape index (κ3) is 5.44. The van der Waals surface area contributed by atoms with Gasteiger partial charge in [0.1, 0.15) is 6.61 Å². The molecule has 0 unspecified atom stereocenters. The molecule has 0 fully saturated rings. The predicted molar refractivity (Wildman–Crippen MR) is 57.2 cm³/mol. The van der Waals surface area contributed by atoms with Gasteiger partial charge >= 0.3 is 6.36 Å². The Hall–Kier alpha value is -1.43. The molecular formula is C11H14F3NO2. The Morgan fingerprint density at radius 3 is 2.41 bits per heavy atom. The highest BCUT2D eigenvalue weighted by Crippen LogP contribution is 2.31. The molecule has 0 bridgehead atoms. The summed E-state index contributed by atoms with van der Waals surface area (Å²) in [7, 11) is 0. The van der Waals surface area contributed by atoms with Crippen LogP contribution in [-0.2, 0) is 0 Å². The Morgan fingerprint density at radius 1 is 1.18 bits per heavy atom. The molecule has 1 rings (SSSR count). The van der Waals surface area contributed by atoms with Crippen LogP contribution in [0.15, 0.2) is 24.3 Å². The van der Waals surface area contributed by atoms with Crippen molar-refractivity contribution in [3.05, 3.63) is 24.3 Å². The minimum atomic E-state index is -4.71. The zero-order valence-electron chi connectivity index (χ0n) is 9.38. The van der Waals surface area contributed by atoms with Crippen LogP contribution < -0.4 is 14.8 Å². The lowest BCUT2D eigenvalue weighted by atomic mass is 10.3. The number of hydrogen-bond acceptors (Lipinski definition) is 3. The quantitative estimate of drug-likeness (QED) is 0.786. The molecule has 0 aromatic heterocycles. The molecule has 0 spiro atoms. The third-order valence-electron chi connectivity index (χ3n) is 1.86. The van der Waals surface area contributed by atoms with Crippen molar-refractivity contribution >= 4 is 0 Å². The molecule has 0 atom stereocenters. The van der Waals surface area contributed by atoms with Gasteiger partial charge in [0.15, 0.2) is 11.5 Å². The van der Waals surface area contributed by atoms with Crippen LogP contribution in [0.25, 0.3) is 0 Å². The van der Waals surface area contributed by atoms with E-state index in [1.807, 2.05) is 6.92 Å². The van der Waals surface area contributed by atoms with Crippen molar-refractivity contribution in [2.45, 2.75) is 13.3 Å². The van der Waals surface area contributed by atoms with Gasteiger partial charge in [-0.3, -0.25) is 0 Å². The van der Waals surface area contributed by atoms with Crippen LogP contribution >= 0.6 is 0 Å². The summed E-state index contributed by atoms with van der Waals surface area (Å²) >= 11 is 0. The summed E-state index contributed by atoms with van der Waals surface area (Å²) in [5.74, 6) is -0.237. The fourth-order valence-corrected chi connectivity index (χ4v) is 1.19. The Bertz CT molecular complexity index is 342. The van der Waals surface area contributed by atoms with Crippen molar-refractivity contribution in [3.8, 4) is 11.5 Å². The lowest BCUT2D eigenvalue weighted by Crippen LogP contribution is -2.21. The molecule has 1 aromatic rings. The molecule has 0 amide bonds. The molecule has 0 aliphatic rings. The van der Waals surface area contributed by atoms with Crippen molar-refractivity contribution in [2.75, 3.05) is 19.7 Å². The zero-order chi connectivity index (χ0) is 12.7. The molecule has 0 aliphatic carbocycles. The van der Waals surface area contributed by atoms with Crippen LogP contribution in [0.5, 0.6) is 11.5 Å². The van der Waals surface area contributed by atoms with E-state index in [4.69, 9.17) is 4.74 Å². The number of para-hydroxylation sites is 2. The van der Waals surface area contributed by atoms with Crippen LogP contribution in [-0.4, -0.2) is 26.1 Å². The Balaban J connectivity index is 2.58. The molecule has 1 aromatic carbocycles. The Kier molecular flexibility index (Phi) is 5.09. The molecule has 0 radical (unpaired) electrons. The summed E-state index contributed by atoms with van der Waals surface area (Å²) < 4.78 is 45.3. The SMILES string of the molecule is CCNCCOc1ccccc1OC(F)(F)F. The van der Waals surface area contributed by atoms with E-state index in [1.54, 1.807) is 6.07 Å². The number of halogens is 3. The van der Waals surface area contributed by atoms with Crippen molar-refractivity contribution in [1.29, 1.82) is 0 Å². The lowest BCUT2D eigenvalue weighted by Gasteiger charge is -2.13. The topological polar surface area (TPSA) is 30.5 Å². The molecule has 0 saturated carbocycles. The van der Waals surface area contributed by atoms with Gasteiger partial charge in [-0.05, 0) is 18.7 Å². The maximum absolute atomic E-state index is 12.1. The standard InChI is InChI=1S/C11H14F3NO2/c1-2-15-7-8-16-9-5-3-4-6-10(9)17-11(12,13)14/h3-6,15H,2,7-8H2,1H3. The number of rotatable bonds is 6. The number of alkyl halides is 3. The van der Waals surface area contributed by atoms with E-state index >= 15 is 0 Å². The zero-order valence-corrected chi connectivity index (χ0v) is 9.38. The van der Waals surface area contributed by atoms with Gasteiger partial charge in [0, 0.05) is 6.54 Å². The normalized spacial score (nSPS) is 11.3. The summed E-state index contributed by atoms with van der Waals surface area (Å²) in [5, 5.41) is 3.00. The minimum Gasteiger partial charge on any atom is -0.488 e. The third-order valence-corrected chi connectivity index (χ3v) is 1.86. The Labute approximate surface area is 97.5 Å². The summed E-state index contributed by atoms with van der Waals surface area (Å²) in [6, 6.07) is 5.70. The number of likely N-dealkylation sites (N-methyl/N-ethyl adjacent to an activating group) is 1.